The Bertz CT molecular complexity index is 512. The molecule has 7 nitrogen and oxygen atoms in total. The highest BCUT2D eigenvalue weighted by Gasteiger charge is 2.17. The van der Waals surface area contributed by atoms with Gasteiger partial charge in [0.25, 0.3) is 5.69 Å². The maximum Gasteiger partial charge on any atom is 0.295 e. The van der Waals surface area contributed by atoms with Gasteiger partial charge in [-0.2, -0.15) is 4.68 Å². The average Bonchev–Trinajstić information content (AvgIpc) is 2.64. The third-order valence-electron chi connectivity index (χ3n) is 1.75. The Labute approximate surface area is 89.3 Å². The van der Waals surface area contributed by atoms with Gasteiger partial charge in [-0.15, -0.1) is 0 Å². The van der Waals surface area contributed by atoms with Gasteiger partial charge in [0.05, 0.1) is 4.92 Å². The van der Waals surface area contributed by atoms with Crippen molar-refractivity contribution in [1.29, 1.82) is 0 Å². The van der Waals surface area contributed by atoms with Gasteiger partial charge in [-0.25, -0.2) is 0 Å². The van der Waals surface area contributed by atoms with E-state index in [1.165, 1.54) is 12.1 Å². The van der Waals surface area contributed by atoms with Crippen molar-refractivity contribution in [2.45, 2.75) is 5.16 Å². The van der Waals surface area contributed by atoms with E-state index >= 15 is 0 Å². The van der Waals surface area contributed by atoms with E-state index in [1.54, 1.807) is 12.1 Å². The quantitative estimate of drug-likeness (QED) is 0.561. The van der Waals surface area contributed by atoms with Crippen LogP contribution in [0.25, 0.3) is 5.69 Å². The van der Waals surface area contributed by atoms with Crippen LogP contribution in [-0.2, 0) is 0 Å². The van der Waals surface area contributed by atoms with Gasteiger partial charge >= 0.3 is 0 Å². The van der Waals surface area contributed by atoms with Crippen LogP contribution in [0, 0.1) is 10.1 Å². The molecule has 0 aliphatic carbocycles. The number of nitro benzene ring substituents is 1. The normalized spacial score (nSPS) is 10.1. The van der Waals surface area contributed by atoms with Gasteiger partial charge in [0.1, 0.15) is 5.69 Å². The van der Waals surface area contributed by atoms with Gasteiger partial charge in [0, 0.05) is 6.07 Å². The number of tetrazole rings is 1. The van der Waals surface area contributed by atoms with E-state index in [-0.39, 0.29) is 16.5 Å². The lowest BCUT2D eigenvalue weighted by Gasteiger charge is -2.00. The van der Waals surface area contributed by atoms with Gasteiger partial charge in [0.15, 0.2) is 0 Å². The first-order valence-corrected chi connectivity index (χ1v) is 4.30. The standard InChI is InChI=1S/C7H4N5O2S/c13-12(14)6-4-2-1-3-5(6)11-7(15)8-9-10-11/h1-4H. The lowest BCUT2D eigenvalue weighted by atomic mass is 10.3. The zero-order valence-electron chi connectivity index (χ0n) is 7.27. The molecule has 15 heavy (non-hydrogen) atoms. The Balaban J connectivity index is 2.63. The second kappa shape index (κ2) is 3.58. The van der Waals surface area contributed by atoms with Gasteiger partial charge in [0.2, 0.25) is 5.16 Å². The number of nitrogens with zero attached hydrogens (tertiary/aromatic N) is 5. The fourth-order valence-corrected chi connectivity index (χ4v) is 1.30. The summed E-state index contributed by atoms with van der Waals surface area (Å²) < 4.78 is 1.15. The van der Waals surface area contributed by atoms with Crippen molar-refractivity contribution in [1.82, 2.24) is 20.2 Å². The molecule has 1 radical (unpaired) electrons. The van der Waals surface area contributed by atoms with Crippen molar-refractivity contribution in [3.8, 4) is 5.69 Å². The summed E-state index contributed by atoms with van der Waals surface area (Å²) in [6.45, 7) is 0. The Morgan fingerprint density at radius 2 is 2.13 bits per heavy atom. The molecule has 0 bridgehead atoms. The molecule has 0 saturated carbocycles. The topological polar surface area (TPSA) is 86.7 Å². The lowest BCUT2D eigenvalue weighted by molar-refractivity contribution is -0.384. The molecule has 0 unspecified atom stereocenters. The molecule has 0 aliphatic heterocycles. The summed E-state index contributed by atoms with van der Waals surface area (Å²) in [6, 6.07) is 6.11. The van der Waals surface area contributed by atoms with Crippen molar-refractivity contribution < 1.29 is 4.92 Å². The van der Waals surface area contributed by atoms with Crippen LogP contribution in [-0.4, -0.2) is 25.1 Å². The van der Waals surface area contributed by atoms with Crippen LogP contribution < -0.4 is 0 Å². The second-order valence-corrected chi connectivity index (χ2v) is 2.98. The summed E-state index contributed by atoms with van der Waals surface area (Å²) in [4.78, 5) is 10.2. The van der Waals surface area contributed by atoms with Crippen LogP contribution in [0.4, 0.5) is 5.69 Å². The van der Waals surface area contributed by atoms with Crippen molar-refractivity contribution in [2.75, 3.05) is 0 Å². The highest BCUT2D eigenvalue weighted by Crippen LogP contribution is 2.22. The second-order valence-electron chi connectivity index (χ2n) is 2.62. The minimum atomic E-state index is -0.508. The predicted molar refractivity (Wildman–Crippen MR) is 51.7 cm³/mol. The molecular weight excluding hydrogens is 218 g/mol. The van der Waals surface area contributed by atoms with Crippen molar-refractivity contribution in [2.24, 2.45) is 0 Å². The fraction of sp³-hybridized carbons (Fsp3) is 0. The molecule has 75 valence electrons. The SMILES string of the molecule is O=[N+]([O-])c1ccccc1-n1nnnc1[S]. The molecule has 1 aromatic carbocycles. The van der Waals surface area contributed by atoms with Crippen molar-refractivity contribution in [3.63, 3.8) is 0 Å². The number of benzene rings is 1. The Morgan fingerprint density at radius 1 is 1.40 bits per heavy atom. The molecular formula is C7H4N5O2S. The maximum absolute atomic E-state index is 10.7. The van der Waals surface area contributed by atoms with Crippen LogP contribution in [0.2, 0.25) is 0 Å². The molecule has 1 heterocycles. The molecule has 0 N–H and O–H groups in total. The first-order chi connectivity index (χ1) is 7.20. The van der Waals surface area contributed by atoms with Crippen LogP contribution in [0.3, 0.4) is 0 Å². The Morgan fingerprint density at radius 3 is 2.73 bits per heavy atom. The molecule has 0 saturated heterocycles. The van der Waals surface area contributed by atoms with Gasteiger partial charge < -0.3 is 0 Å². The maximum atomic E-state index is 10.7. The smallest absolute Gasteiger partial charge is 0.258 e. The summed E-state index contributed by atoms with van der Waals surface area (Å²) in [5, 5.41) is 21.2. The zero-order valence-corrected chi connectivity index (χ0v) is 8.09. The summed E-state index contributed by atoms with van der Waals surface area (Å²) >= 11 is 4.82. The number of hydrogen-bond acceptors (Lipinski definition) is 5. The van der Waals surface area contributed by atoms with Crippen LogP contribution >= 0.6 is 12.6 Å². The number of para-hydroxylation sites is 2. The van der Waals surface area contributed by atoms with Gasteiger partial charge in [-0.3, -0.25) is 10.1 Å². The Kier molecular flexibility index (Phi) is 2.26. The zero-order chi connectivity index (χ0) is 10.8. The van der Waals surface area contributed by atoms with E-state index in [2.05, 4.69) is 15.5 Å². The van der Waals surface area contributed by atoms with Gasteiger partial charge in [-0.1, -0.05) is 17.2 Å². The van der Waals surface area contributed by atoms with Crippen molar-refractivity contribution >= 4 is 18.3 Å². The minimum absolute atomic E-state index is 0.0871. The predicted octanol–water partition coefficient (Wildman–Crippen LogP) is 1.13. The van der Waals surface area contributed by atoms with E-state index in [9.17, 15) is 10.1 Å². The Hall–Kier alpha value is -2.09. The molecule has 2 aromatic rings. The van der Waals surface area contributed by atoms with E-state index in [4.69, 9.17) is 12.6 Å². The molecule has 0 fully saturated rings. The molecule has 0 aliphatic rings. The van der Waals surface area contributed by atoms with E-state index in [0.29, 0.717) is 0 Å². The minimum Gasteiger partial charge on any atom is -0.258 e. The molecule has 2 rings (SSSR count). The van der Waals surface area contributed by atoms with Gasteiger partial charge in [-0.05, 0) is 29.1 Å². The number of aromatic nitrogens is 4. The average molecular weight is 222 g/mol. The van der Waals surface area contributed by atoms with E-state index < -0.39 is 4.92 Å². The lowest BCUT2D eigenvalue weighted by Crippen LogP contribution is -2.02. The summed E-state index contributed by atoms with van der Waals surface area (Å²) in [5.41, 5.74) is 0.174. The van der Waals surface area contributed by atoms with E-state index in [0.717, 1.165) is 4.68 Å². The third kappa shape index (κ3) is 1.62. The largest absolute Gasteiger partial charge is 0.295 e. The third-order valence-corrected chi connectivity index (χ3v) is 2.00. The van der Waals surface area contributed by atoms with Crippen molar-refractivity contribution in [3.05, 3.63) is 34.4 Å². The molecule has 0 spiro atoms. The first kappa shape index (κ1) is 9.46. The molecule has 0 amide bonds. The molecule has 8 heteroatoms. The molecule has 1 aromatic heterocycles. The summed E-state index contributed by atoms with van der Waals surface area (Å²) in [6.07, 6.45) is 0. The summed E-state index contributed by atoms with van der Waals surface area (Å²) in [5.74, 6) is 0. The van der Waals surface area contributed by atoms with Crippen LogP contribution in [0.15, 0.2) is 29.4 Å². The summed E-state index contributed by atoms with van der Waals surface area (Å²) in [7, 11) is 0. The van der Waals surface area contributed by atoms with Crippen LogP contribution in [0.1, 0.15) is 0 Å². The molecule has 0 atom stereocenters. The number of rotatable bonds is 2. The van der Waals surface area contributed by atoms with Crippen LogP contribution in [0.5, 0.6) is 0 Å². The fourth-order valence-electron chi connectivity index (χ4n) is 1.13. The first-order valence-electron chi connectivity index (χ1n) is 3.89. The highest BCUT2D eigenvalue weighted by molar-refractivity contribution is 7.80. The highest BCUT2D eigenvalue weighted by atomic mass is 32.1. The van der Waals surface area contributed by atoms with E-state index in [1.807, 2.05) is 0 Å². The number of hydrogen-bond donors (Lipinski definition) is 0. The number of nitro groups is 1. The monoisotopic (exact) mass is 222 g/mol.